The molecule has 0 aromatic rings. The van der Waals surface area contributed by atoms with Crippen LogP contribution >= 0.6 is 12.2 Å². The largest absolute Gasteiger partial charge is 0.364 e. The molecule has 1 saturated heterocycles. The highest BCUT2D eigenvalue weighted by Crippen LogP contribution is 2.39. The van der Waals surface area contributed by atoms with Crippen molar-refractivity contribution in [1.29, 1.82) is 0 Å². The van der Waals surface area contributed by atoms with E-state index in [0.29, 0.717) is 5.92 Å². The average molecular weight is 172 g/mol. The molecule has 1 rings (SSSR count). The van der Waals surface area contributed by atoms with Crippen LogP contribution in [0.4, 0.5) is 0 Å². The monoisotopic (exact) mass is 172 g/mol. The third kappa shape index (κ3) is 1.34. The van der Waals surface area contributed by atoms with Crippen molar-refractivity contribution in [3.63, 3.8) is 0 Å². The first-order valence-electron chi connectivity index (χ1n) is 4.02. The van der Waals surface area contributed by atoms with Gasteiger partial charge in [-0.3, -0.25) is 0 Å². The van der Waals surface area contributed by atoms with Gasteiger partial charge in [0.15, 0.2) is 0 Å². The van der Waals surface area contributed by atoms with E-state index in [1.807, 2.05) is 13.8 Å². The van der Waals surface area contributed by atoms with Crippen LogP contribution in [0.1, 0.15) is 34.6 Å². The molecule has 1 aliphatic heterocycles. The third-order valence-electron chi connectivity index (χ3n) is 2.55. The van der Waals surface area contributed by atoms with Gasteiger partial charge in [0.05, 0.1) is 11.2 Å². The average Bonchev–Trinajstić information content (AvgIpc) is 1.91. The molecule has 0 aromatic heterocycles. The molecule has 0 spiro atoms. The first-order chi connectivity index (χ1) is 4.77. The summed E-state index contributed by atoms with van der Waals surface area (Å²) in [6.07, 6.45) is 0. The van der Waals surface area contributed by atoms with Gasteiger partial charge in [0.25, 0.3) is 0 Å². The first-order valence-corrected chi connectivity index (χ1v) is 4.43. The van der Waals surface area contributed by atoms with Crippen LogP contribution in [0.3, 0.4) is 0 Å². The van der Waals surface area contributed by atoms with Gasteiger partial charge in [-0.2, -0.15) is 0 Å². The van der Waals surface area contributed by atoms with Crippen LogP contribution in [0.2, 0.25) is 0 Å². The van der Waals surface area contributed by atoms with Crippen LogP contribution in [-0.4, -0.2) is 16.1 Å². The maximum absolute atomic E-state index is 5.82. The van der Waals surface area contributed by atoms with Crippen LogP contribution in [-0.2, 0) is 4.74 Å². The van der Waals surface area contributed by atoms with Gasteiger partial charge in [0.2, 0.25) is 0 Å². The lowest BCUT2D eigenvalue weighted by molar-refractivity contribution is -0.0651. The Labute approximate surface area is 74.1 Å². The van der Waals surface area contributed by atoms with Crippen molar-refractivity contribution in [2.24, 2.45) is 5.92 Å². The second-order valence-corrected chi connectivity index (χ2v) is 4.74. The highest BCUT2D eigenvalue weighted by molar-refractivity contribution is 7.80. The summed E-state index contributed by atoms with van der Waals surface area (Å²) in [5.41, 5.74) is -0.293. The minimum Gasteiger partial charge on any atom is -0.364 e. The van der Waals surface area contributed by atoms with Crippen LogP contribution < -0.4 is 0 Å². The quantitative estimate of drug-likeness (QED) is 0.519. The molecule has 1 fully saturated rings. The lowest BCUT2D eigenvalue weighted by atomic mass is 9.89. The summed E-state index contributed by atoms with van der Waals surface area (Å²) in [6.45, 7) is 10.4. The van der Waals surface area contributed by atoms with Gasteiger partial charge in [0, 0.05) is 10.8 Å². The van der Waals surface area contributed by atoms with Crippen molar-refractivity contribution < 1.29 is 4.74 Å². The van der Waals surface area contributed by atoms with E-state index >= 15 is 0 Å². The molecule has 11 heavy (non-hydrogen) atoms. The highest BCUT2D eigenvalue weighted by Gasteiger charge is 2.47. The minimum absolute atomic E-state index is 0.0828. The zero-order valence-electron chi connectivity index (χ0n) is 7.89. The van der Waals surface area contributed by atoms with Crippen LogP contribution in [0, 0.1) is 5.92 Å². The lowest BCUT2D eigenvalue weighted by Gasteiger charge is -2.24. The molecule has 0 saturated carbocycles. The molecule has 0 aromatic carbocycles. The van der Waals surface area contributed by atoms with Gasteiger partial charge in [-0.25, -0.2) is 0 Å². The Kier molecular flexibility index (Phi) is 1.88. The summed E-state index contributed by atoms with van der Waals surface area (Å²) in [5, 5.41) is 0. The highest BCUT2D eigenvalue weighted by atomic mass is 32.1. The molecule has 64 valence electrons. The fourth-order valence-electron chi connectivity index (χ4n) is 1.63. The van der Waals surface area contributed by atoms with Gasteiger partial charge in [-0.1, -0.05) is 19.1 Å². The zero-order valence-corrected chi connectivity index (χ0v) is 8.71. The molecule has 1 atom stereocenters. The SMILES string of the molecule is CC1C(=S)C(C)(C)OC1(C)C. The summed E-state index contributed by atoms with van der Waals surface area (Å²) < 4.78 is 5.82. The molecule has 0 bridgehead atoms. The van der Waals surface area contributed by atoms with Crippen molar-refractivity contribution in [3.8, 4) is 0 Å². The Morgan fingerprint density at radius 2 is 1.73 bits per heavy atom. The zero-order chi connectivity index (χ0) is 8.86. The number of ether oxygens (including phenoxy) is 1. The van der Waals surface area contributed by atoms with E-state index in [1.165, 1.54) is 0 Å². The second-order valence-electron chi connectivity index (χ2n) is 4.30. The van der Waals surface area contributed by atoms with E-state index in [0.717, 1.165) is 4.86 Å². The molecule has 1 nitrogen and oxygen atoms in total. The molecular formula is C9H16OS. The number of rotatable bonds is 0. The molecule has 0 aliphatic carbocycles. The first kappa shape index (κ1) is 9.14. The molecule has 2 heteroatoms. The number of hydrogen-bond acceptors (Lipinski definition) is 2. The van der Waals surface area contributed by atoms with Crippen LogP contribution in [0.5, 0.6) is 0 Å². The van der Waals surface area contributed by atoms with Crippen molar-refractivity contribution in [3.05, 3.63) is 0 Å². The fourth-order valence-corrected chi connectivity index (χ4v) is 1.96. The summed E-state index contributed by atoms with van der Waals surface area (Å²) >= 11 is 5.30. The molecule has 1 heterocycles. The van der Waals surface area contributed by atoms with Gasteiger partial charge in [0.1, 0.15) is 0 Å². The molecular weight excluding hydrogens is 156 g/mol. The molecule has 0 N–H and O–H groups in total. The topological polar surface area (TPSA) is 9.23 Å². The minimum atomic E-state index is -0.210. The van der Waals surface area contributed by atoms with Crippen molar-refractivity contribution >= 4 is 17.1 Å². The lowest BCUT2D eigenvalue weighted by Crippen LogP contribution is -2.28. The van der Waals surface area contributed by atoms with Crippen LogP contribution in [0.25, 0.3) is 0 Å². The van der Waals surface area contributed by atoms with E-state index in [-0.39, 0.29) is 11.2 Å². The standard InChI is InChI=1S/C9H16OS/c1-6-7(11)9(4,5)10-8(6,2)3/h6H,1-5H3. The van der Waals surface area contributed by atoms with Gasteiger partial charge in [-0.05, 0) is 27.7 Å². The normalized spacial score (nSPS) is 34.3. The van der Waals surface area contributed by atoms with Crippen molar-refractivity contribution in [1.82, 2.24) is 0 Å². The molecule has 0 amide bonds. The maximum Gasteiger partial charge on any atom is 0.0948 e. The Morgan fingerprint density at radius 1 is 1.27 bits per heavy atom. The Bertz CT molecular complexity index is 194. The fraction of sp³-hybridized carbons (Fsp3) is 0.889. The van der Waals surface area contributed by atoms with Crippen LogP contribution in [0.15, 0.2) is 0 Å². The Hall–Kier alpha value is 0.0500. The van der Waals surface area contributed by atoms with E-state index in [4.69, 9.17) is 17.0 Å². The predicted octanol–water partition coefficient (Wildman–Crippen LogP) is 2.58. The van der Waals surface area contributed by atoms with Crippen molar-refractivity contribution in [2.75, 3.05) is 0 Å². The molecule has 1 unspecified atom stereocenters. The van der Waals surface area contributed by atoms with E-state index in [1.54, 1.807) is 0 Å². The molecule has 0 radical (unpaired) electrons. The van der Waals surface area contributed by atoms with E-state index < -0.39 is 0 Å². The number of hydrogen-bond donors (Lipinski definition) is 0. The van der Waals surface area contributed by atoms with Gasteiger partial charge < -0.3 is 4.74 Å². The molecule has 1 aliphatic rings. The van der Waals surface area contributed by atoms with Crippen molar-refractivity contribution in [2.45, 2.75) is 45.8 Å². The summed E-state index contributed by atoms with van der Waals surface area (Å²) in [7, 11) is 0. The third-order valence-corrected chi connectivity index (χ3v) is 3.39. The second kappa shape index (κ2) is 2.27. The van der Waals surface area contributed by atoms with E-state index in [2.05, 4.69) is 20.8 Å². The van der Waals surface area contributed by atoms with Gasteiger partial charge >= 0.3 is 0 Å². The summed E-state index contributed by atoms with van der Waals surface area (Å²) in [5.74, 6) is 0.382. The smallest absolute Gasteiger partial charge is 0.0948 e. The summed E-state index contributed by atoms with van der Waals surface area (Å²) in [6, 6.07) is 0. The van der Waals surface area contributed by atoms with E-state index in [9.17, 15) is 0 Å². The Morgan fingerprint density at radius 3 is 1.82 bits per heavy atom. The Balaban J connectivity index is 2.96. The summed E-state index contributed by atoms with van der Waals surface area (Å²) in [4.78, 5) is 1.04. The maximum atomic E-state index is 5.82. The predicted molar refractivity (Wildman–Crippen MR) is 51.0 cm³/mol. The number of thiocarbonyl (C=S) groups is 1. The van der Waals surface area contributed by atoms with Gasteiger partial charge in [-0.15, -0.1) is 0 Å².